The van der Waals surface area contributed by atoms with Gasteiger partial charge in [0.05, 0.1) is 6.04 Å². The van der Waals surface area contributed by atoms with Gasteiger partial charge in [-0.05, 0) is 69.0 Å². The second kappa shape index (κ2) is 10.4. The summed E-state index contributed by atoms with van der Waals surface area (Å²) in [4.78, 5) is 24.7. The summed E-state index contributed by atoms with van der Waals surface area (Å²) in [5.74, 6) is 1.28. The molecule has 1 unspecified atom stereocenters. The summed E-state index contributed by atoms with van der Waals surface area (Å²) in [5.41, 5.74) is 8.62. The van der Waals surface area contributed by atoms with Crippen LogP contribution in [0.5, 0.6) is 11.6 Å². The van der Waals surface area contributed by atoms with E-state index in [2.05, 4.69) is 65.9 Å². The largest absolute Gasteiger partial charge is 0.439 e. The van der Waals surface area contributed by atoms with Crippen LogP contribution in [0.4, 0.5) is 10.5 Å². The van der Waals surface area contributed by atoms with Gasteiger partial charge in [-0.25, -0.2) is 9.78 Å². The minimum atomic E-state index is -0.198. The molecule has 0 aliphatic carbocycles. The van der Waals surface area contributed by atoms with Gasteiger partial charge in [0.25, 0.3) is 0 Å². The van der Waals surface area contributed by atoms with Crippen molar-refractivity contribution in [2.45, 2.75) is 57.8 Å². The highest BCUT2D eigenvalue weighted by atomic mass is 16.5. The average Bonchev–Trinajstić information content (AvgIpc) is 3.25. The zero-order valence-electron chi connectivity index (χ0n) is 22.0. The second-order valence-electron chi connectivity index (χ2n) is 11.1. The lowest BCUT2D eigenvalue weighted by Crippen LogP contribution is -2.49. The number of carbonyl (C=O) groups excluding carboxylic acids is 1. The van der Waals surface area contributed by atoms with Crippen molar-refractivity contribution < 1.29 is 9.53 Å². The second-order valence-corrected chi connectivity index (χ2v) is 11.1. The van der Waals surface area contributed by atoms with Crippen molar-refractivity contribution in [2.75, 3.05) is 25.4 Å². The molecule has 5 rings (SSSR count). The fourth-order valence-electron chi connectivity index (χ4n) is 5.36. The molecule has 7 heteroatoms. The van der Waals surface area contributed by atoms with Crippen LogP contribution in [-0.4, -0.2) is 56.9 Å². The predicted molar refractivity (Wildman–Crippen MR) is 146 cm³/mol. The van der Waals surface area contributed by atoms with Crippen LogP contribution in [0, 0.1) is 0 Å². The minimum Gasteiger partial charge on any atom is -0.439 e. The van der Waals surface area contributed by atoms with Gasteiger partial charge < -0.3 is 20.3 Å². The number of pyridine rings is 1. The van der Waals surface area contributed by atoms with Crippen LogP contribution in [0.3, 0.4) is 0 Å². The van der Waals surface area contributed by atoms with Gasteiger partial charge in [0.2, 0.25) is 5.88 Å². The molecule has 3 heterocycles. The Balaban J connectivity index is 1.20. The maximum atomic E-state index is 13.6. The van der Waals surface area contributed by atoms with Crippen LogP contribution in [0.2, 0.25) is 0 Å². The number of ether oxygens (including phenoxy) is 1. The molecule has 2 saturated heterocycles. The van der Waals surface area contributed by atoms with Crippen molar-refractivity contribution in [1.82, 2.24) is 19.7 Å². The van der Waals surface area contributed by atoms with E-state index in [4.69, 9.17) is 10.5 Å². The smallest absolute Gasteiger partial charge is 0.321 e. The lowest BCUT2D eigenvalue weighted by Gasteiger charge is -2.39. The maximum absolute atomic E-state index is 13.6. The number of urea groups is 1. The first-order valence-corrected chi connectivity index (χ1v) is 13.1. The number of hydrogen-bond acceptors (Lipinski definition) is 5. The van der Waals surface area contributed by atoms with Crippen molar-refractivity contribution in [3.8, 4) is 11.6 Å². The van der Waals surface area contributed by atoms with Gasteiger partial charge in [0.1, 0.15) is 5.75 Å². The molecule has 1 atom stereocenters. The molecule has 194 valence electrons. The summed E-state index contributed by atoms with van der Waals surface area (Å²) in [7, 11) is 0. The van der Waals surface area contributed by atoms with E-state index in [1.54, 1.807) is 0 Å². The van der Waals surface area contributed by atoms with Gasteiger partial charge in [0, 0.05) is 55.7 Å². The number of amides is 2. The predicted octanol–water partition coefficient (Wildman–Crippen LogP) is 5.70. The number of nitrogens with zero attached hydrogens (tertiary/aromatic N) is 4. The van der Waals surface area contributed by atoms with Crippen molar-refractivity contribution in [3.63, 3.8) is 0 Å². The Kier molecular flexibility index (Phi) is 7.07. The van der Waals surface area contributed by atoms with Crippen LogP contribution in [0.25, 0.3) is 0 Å². The first-order chi connectivity index (χ1) is 17.8. The van der Waals surface area contributed by atoms with Crippen LogP contribution in [0.1, 0.15) is 50.8 Å². The normalized spacial score (nSPS) is 19.4. The fraction of sp³-hybridized carbons (Fsp3) is 0.400. The molecular formula is C30H37N5O2. The quantitative estimate of drug-likeness (QED) is 0.441. The summed E-state index contributed by atoms with van der Waals surface area (Å²) < 4.78 is 5.82. The maximum Gasteiger partial charge on any atom is 0.321 e. The van der Waals surface area contributed by atoms with E-state index in [-0.39, 0.29) is 23.7 Å². The molecule has 0 spiro atoms. The molecule has 0 saturated carbocycles. The van der Waals surface area contributed by atoms with E-state index in [0.717, 1.165) is 44.6 Å². The lowest BCUT2D eigenvalue weighted by atomic mass is 9.98. The Morgan fingerprint density at radius 3 is 2.30 bits per heavy atom. The molecule has 2 aromatic carbocycles. The third kappa shape index (κ3) is 5.72. The summed E-state index contributed by atoms with van der Waals surface area (Å²) in [5, 5.41) is 0. The summed E-state index contributed by atoms with van der Waals surface area (Å²) in [6.07, 6.45) is 3.83. The standard InChI is InChI=1S/C30H37N5O2/c1-30(2,3)34-21-27(23-7-5-4-6-8-23)35(29(34)36)25-15-17-33(18-16-25)20-22-9-14-28(32-19-22)37-26-12-10-24(31)11-13-26/h4-14,19,25,27H,15-18,20-21,31H2,1-3H3. The highest BCUT2D eigenvalue weighted by Gasteiger charge is 2.46. The Morgan fingerprint density at radius 1 is 0.973 bits per heavy atom. The van der Waals surface area contributed by atoms with Crippen LogP contribution < -0.4 is 10.5 Å². The molecule has 3 aromatic rings. The Morgan fingerprint density at radius 2 is 1.68 bits per heavy atom. The van der Waals surface area contributed by atoms with Gasteiger partial charge in [0.15, 0.2) is 0 Å². The molecule has 0 radical (unpaired) electrons. The van der Waals surface area contributed by atoms with Gasteiger partial charge in [-0.2, -0.15) is 0 Å². The Hall–Kier alpha value is -3.58. The van der Waals surface area contributed by atoms with Crippen molar-refractivity contribution in [1.29, 1.82) is 0 Å². The Bertz CT molecular complexity index is 1180. The molecule has 2 aliphatic heterocycles. The molecule has 2 N–H and O–H groups in total. The van der Waals surface area contributed by atoms with E-state index >= 15 is 0 Å². The highest BCUT2D eigenvalue weighted by Crippen LogP contribution is 2.37. The van der Waals surface area contributed by atoms with E-state index in [0.29, 0.717) is 17.3 Å². The first kappa shape index (κ1) is 25.1. The number of likely N-dealkylation sites (tertiary alicyclic amines) is 1. The number of nitrogen functional groups attached to an aromatic ring is 1. The molecule has 2 amide bonds. The lowest BCUT2D eigenvalue weighted by molar-refractivity contribution is 0.105. The van der Waals surface area contributed by atoms with Gasteiger partial charge in [-0.15, -0.1) is 0 Å². The number of rotatable bonds is 6. The number of benzene rings is 2. The number of anilines is 1. The molecule has 0 bridgehead atoms. The van der Waals surface area contributed by atoms with E-state index < -0.39 is 0 Å². The highest BCUT2D eigenvalue weighted by molar-refractivity contribution is 5.79. The Labute approximate surface area is 219 Å². The number of aromatic nitrogens is 1. The molecule has 7 nitrogen and oxygen atoms in total. The van der Waals surface area contributed by atoms with Crippen LogP contribution in [0.15, 0.2) is 72.9 Å². The number of nitrogens with two attached hydrogens (primary N) is 1. The van der Waals surface area contributed by atoms with E-state index in [1.807, 2.05) is 47.5 Å². The zero-order chi connectivity index (χ0) is 26.0. The monoisotopic (exact) mass is 499 g/mol. The molecule has 37 heavy (non-hydrogen) atoms. The minimum absolute atomic E-state index is 0.0993. The number of hydrogen-bond donors (Lipinski definition) is 1. The fourth-order valence-corrected chi connectivity index (χ4v) is 5.36. The molecule has 1 aromatic heterocycles. The van der Waals surface area contributed by atoms with Gasteiger partial charge in [-0.3, -0.25) is 4.90 Å². The van der Waals surface area contributed by atoms with Gasteiger partial charge in [-0.1, -0.05) is 36.4 Å². The average molecular weight is 500 g/mol. The van der Waals surface area contributed by atoms with Crippen LogP contribution >= 0.6 is 0 Å². The topological polar surface area (TPSA) is 74.9 Å². The van der Waals surface area contributed by atoms with E-state index in [9.17, 15) is 4.79 Å². The summed E-state index contributed by atoms with van der Waals surface area (Å²) in [6, 6.07) is 22.3. The third-order valence-corrected chi connectivity index (χ3v) is 7.39. The first-order valence-electron chi connectivity index (χ1n) is 13.1. The van der Waals surface area contributed by atoms with Crippen molar-refractivity contribution in [2.24, 2.45) is 0 Å². The molecular weight excluding hydrogens is 462 g/mol. The summed E-state index contributed by atoms with van der Waals surface area (Å²) in [6.45, 7) is 9.86. The van der Waals surface area contributed by atoms with Crippen molar-refractivity contribution in [3.05, 3.63) is 84.1 Å². The summed E-state index contributed by atoms with van der Waals surface area (Å²) >= 11 is 0. The van der Waals surface area contributed by atoms with Crippen molar-refractivity contribution >= 4 is 11.7 Å². The zero-order valence-corrected chi connectivity index (χ0v) is 22.0. The third-order valence-electron chi connectivity index (χ3n) is 7.39. The number of piperidine rings is 1. The van der Waals surface area contributed by atoms with E-state index in [1.165, 1.54) is 5.56 Å². The van der Waals surface area contributed by atoms with Gasteiger partial charge >= 0.3 is 6.03 Å². The van der Waals surface area contributed by atoms with Crippen LogP contribution in [-0.2, 0) is 6.54 Å². The molecule has 2 aliphatic rings. The number of carbonyl (C=O) groups is 1. The molecule has 2 fully saturated rings. The SMILES string of the molecule is CC(C)(C)N1CC(c2ccccc2)N(C2CCN(Cc3ccc(Oc4ccc(N)cc4)nc3)CC2)C1=O.